The molecule has 132 valence electrons. The molecular weight excluding hydrogens is 347 g/mol. The van der Waals surface area contributed by atoms with Gasteiger partial charge in [0.05, 0.1) is 6.04 Å². The lowest BCUT2D eigenvalue weighted by Gasteiger charge is -2.22. The van der Waals surface area contributed by atoms with Crippen molar-refractivity contribution < 1.29 is 18.7 Å². The Kier molecular flexibility index (Phi) is 5.34. The Morgan fingerprint density at radius 2 is 2.12 bits per heavy atom. The van der Waals surface area contributed by atoms with Crippen LogP contribution in [-0.2, 0) is 9.53 Å². The number of aromatic nitrogens is 2. The van der Waals surface area contributed by atoms with E-state index in [4.69, 9.17) is 4.74 Å². The summed E-state index contributed by atoms with van der Waals surface area (Å²) >= 11 is 1.16. The Labute approximate surface area is 147 Å². The number of nitrogens with zero attached hydrogens (tertiary/aromatic N) is 3. The van der Waals surface area contributed by atoms with E-state index in [1.807, 2.05) is 0 Å². The lowest BCUT2D eigenvalue weighted by Crippen LogP contribution is -2.33. The molecular formula is C16H17FN4O3S. The molecule has 0 saturated carbocycles. The van der Waals surface area contributed by atoms with Crippen LogP contribution < -0.4 is 5.32 Å². The van der Waals surface area contributed by atoms with E-state index in [0.717, 1.165) is 24.2 Å². The van der Waals surface area contributed by atoms with Crippen molar-refractivity contribution in [2.75, 3.05) is 25.6 Å². The molecule has 2 aromatic rings. The highest BCUT2D eigenvalue weighted by Gasteiger charge is 2.32. The van der Waals surface area contributed by atoms with Gasteiger partial charge in [-0.15, -0.1) is 10.2 Å². The van der Waals surface area contributed by atoms with Crippen LogP contribution in [0.4, 0.5) is 10.1 Å². The molecule has 1 aliphatic heterocycles. The molecule has 1 aliphatic rings. The summed E-state index contributed by atoms with van der Waals surface area (Å²) in [5.74, 6) is -0.890. The number of carbonyl (C=O) groups excluding carboxylic acids is 2. The fourth-order valence-electron chi connectivity index (χ4n) is 2.71. The van der Waals surface area contributed by atoms with Gasteiger partial charge in [0.1, 0.15) is 17.4 Å². The van der Waals surface area contributed by atoms with Gasteiger partial charge in [-0.2, -0.15) is 0 Å². The Bertz CT molecular complexity index is 765. The minimum absolute atomic E-state index is 0.0210. The first-order valence-corrected chi connectivity index (χ1v) is 8.59. The summed E-state index contributed by atoms with van der Waals surface area (Å²) < 4.78 is 17.8. The van der Waals surface area contributed by atoms with Crippen LogP contribution in [0.5, 0.6) is 0 Å². The van der Waals surface area contributed by atoms with E-state index in [9.17, 15) is 14.0 Å². The van der Waals surface area contributed by atoms with Crippen LogP contribution in [0.15, 0.2) is 24.3 Å². The number of carbonyl (C=O) groups is 2. The van der Waals surface area contributed by atoms with Crippen LogP contribution in [0.2, 0.25) is 0 Å². The lowest BCUT2D eigenvalue weighted by atomic mass is 10.2. The van der Waals surface area contributed by atoms with Crippen molar-refractivity contribution in [1.82, 2.24) is 15.1 Å². The van der Waals surface area contributed by atoms with Crippen LogP contribution in [0.25, 0.3) is 0 Å². The molecule has 0 aliphatic carbocycles. The molecule has 1 aromatic heterocycles. The topological polar surface area (TPSA) is 84.4 Å². The van der Waals surface area contributed by atoms with Crippen LogP contribution in [0.1, 0.15) is 33.7 Å². The van der Waals surface area contributed by atoms with Crippen LogP contribution >= 0.6 is 11.3 Å². The van der Waals surface area contributed by atoms with Crippen molar-refractivity contribution in [3.05, 3.63) is 40.1 Å². The van der Waals surface area contributed by atoms with E-state index in [0.29, 0.717) is 17.2 Å². The quantitative estimate of drug-likeness (QED) is 0.880. The molecule has 7 nitrogen and oxygen atoms in total. The van der Waals surface area contributed by atoms with Gasteiger partial charge in [-0.1, -0.05) is 11.3 Å². The summed E-state index contributed by atoms with van der Waals surface area (Å²) in [5, 5.41) is 11.5. The zero-order valence-corrected chi connectivity index (χ0v) is 14.4. The molecule has 2 heterocycles. The molecule has 0 spiro atoms. The summed E-state index contributed by atoms with van der Waals surface area (Å²) in [6.07, 6.45) is 1.65. The highest BCUT2D eigenvalue weighted by molar-refractivity contribution is 7.13. The van der Waals surface area contributed by atoms with Crippen LogP contribution in [-0.4, -0.2) is 47.2 Å². The minimum Gasteiger partial charge on any atom is -0.375 e. The van der Waals surface area contributed by atoms with Gasteiger partial charge in [0.25, 0.3) is 5.91 Å². The summed E-state index contributed by atoms with van der Waals surface area (Å²) in [6.45, 7) is 0.663. The second kappa shape index (κ2) is 7.66. The fourth-order valence-corrected chi connectivity index (χ4v) is 3.59. The van der Waals surface area contributed by atoms with Gasteiger partial charge in [0.2, 0.25) is 10.9 Å². The number of rotatable bonds is 5. The minimum atomic E-state index is -0.414. The molecule has 0 radical (unpaired) electrons. The molecule has 0 unspecified atom stereocenters. The third kappa shape index (κ3) is 3.99. The van der Waals surface area contributed by atoms with Crippen molar-refractivity contribution in [2.24, 2.45) is 0 Å². The normalized spacial score (nSPS) is 16.9. The number of likely N-dealkylation sites (tertiary alicyclic amines) is 1. The number of hydrogen-bond donors (Lipinski definition) is 1. The van der Waals surface area contributed by atoms with E-state index >= 15 is 0 Å². The van der Waals surface area contributed by atoms with Crippen LogP contribution in [0.3, 0.4) is 0 Å². The predicted octanol–water partition coefficient (Wildman–Crippen LogP) is 2.24. The van der Waals surface area contributed by atoms with Crippen molar-refractivity contribution in [3.63, 3.8) is 0 Å². The van der Waals surface area contributed by atoms with Crippen molar-refractivity contribution in [3.8, 4) is 0 Å². The highest BCUT2D eigenvalue weighted by atomic mass is 32.1. The fraction of sp³-hybridized carbons (Fsp3) is 0.375. The number of nitrogens with one attached hydrogen (secondary N) is 1. The number of amides is 2. The largest absolute Gasteiger partial charge is 0.375 e. The molecule has 25 heavy (non-hydrogen) atoms. The summed E-state index contributed by atoms with van der Waals surface area (Å²) in [6, 6.07) is 5.29. The average molecular weight is 364 g/mol. The Morgan fingerprint density at radius 1 is 1.36 bits per heavy atom. The zero-order chi connectivity index (χ0) is 17.8. The van der Waals surface area contributed by atoms with Gasteiger partial charge in [0.15, 0.2) is 0 Å². The SMILES string of the molecule is COCC(=O)N1CCC[C@@H]1c1nnc(C(=O)Nc2ccc(F)cc2)s1. The van der Waals surface area contributed by atoms with Gasteiger partial charge >= 0.3 is 0 Å². The van der Waals surface area contributed by atoms with Crippen molar-refractivity contribution in [1.29, 1.82) is 0 Å². The second-order valence-corrected chi connectivity index (χ2v) is 6.59. The number of halogens is 1. The number of ether oxygens (including phenoxy) is 1. The van der Waals surface area contributed by atoms with E-state index < -0.39 is 5.91 Å². The zero-order valence-electron chi connectivity index (χ0n) is 13.6. The summed E-state index contributed by atoms with van der Waals surface area (Å²) in [4.78, 5) is 26.0. The average Bonchev–Trinajstić information content (AvgIpc) is 3.26. The van der Waals surface area contributed by atoms with Gasteiger partial charge in [-0.3, -0.25) is 9.59 Å². The molecule has 1 N–H and O–H groups in total. The predicted molar refractivity (Wildman–Crippen MR) is 89.8 cm³/mol. The van der Waals surface area contributed by atoms with Crippen molar-refractivity contribution >= 4 is 28.8 Å². The Balaban J connectivity index is 1.70. The molecule has 1 aromatic carbocycles. The van der Waals surface area contributed by atoms with Gasteiger partial charge < -0.3 is 15.0 Å². The molecule has 1 atom stereocenters. The van der Waals surface area contributed by atoms with Crippen LogP contribution in [0, 0.1) is 5.82 Å². The smallest absolute Gasteiger partial charge is 0.286 e. The molecule has 0 bridgehead atoms. The standard InChI is InChI=1S/C16H17FN4O3S/c1-24-9-13(22)21-8-2-3-12(21)15-19-20-16(25-15)14(23)18-11-6-4-10(17)5-7-11/h4-7,12H,2-3,8-9H2,1H3,(H,18,23)/t12-/m1/s1. The number of benzene rings is 1. The summed E-state index contributed by atoms with van der Waals surface area (Å²) in [5.41, 5.74) is 0.473. The number of methoxy groups -OCH3 is 1. The highest BCUT2D eigenvalue weighted by Crippen LogP contribution is 2.33. The van der Waals surface area contributed by atoms with Gasteiger partial charge in [-0.05, 0) is 37.1 Å². The third-order valence-electron chi connectivity index (χ3n) is 3.86. The monoisotopic (exact) mass is 364 g/mol. The van der Waals surface area contributed by atoms with Gasteiger partial charge in [0, 0.05) is 19.3 Å². The van der Waals surface area contributed by atoms with E-state index in [1.54, 1.807) is 4.90 Å². The first-order chi connectivity index (χ1) is 12.1. The third-order valence-corrected chi connectivity index (χ3v) is 4.89. The lowest BCUT2D eigenvalue weighted by molar-refractivity contribution is -0.136. The first kappa shape index (κ1) is 17.4. The Morgan fingerprint density at radius 3 is 2.84 bits per heavy atom. The number of hydrogen-bond acceptors (Lipinski definition) is 6. The maximum absolute atomic E-state index is 12.9. The summed E-state index contributed by atoms with van der Waals surface area (Å²) in [7, 11) is 1.48. The molecule has 1 fully saturated rings. The molecule has 2 amide bonds. The Hall–Kier alpha value is -2.39. The van der Waals surface area contributed by atoms with E-state index in [1.165, 1.54) is 31.4 Å². The van der Waals surface area contributed by atoms with E-state index in [-0.39, 0.29) is 29.4 Å². The molecule has 3 rings (SSSR count). The first-order valence-electron chi connectivity index (χ1n) is 7.77. The second-order valence-electron chi connectivity index (χ2n) is 5.58. The van der Waals surface area contributed by atoms with E-state index in [2.05, 4.69) is 15.5 Å². The van der Waals surface area contributed by atoms with Crippen molar-refractivity contribution in [2.45, 2.75) is 18.9 Å². The maximum atomic E-state index is 12.9. The molecule has 9 heteroatoms. The maximum Gasteiger partial charge on any atom is 0.286 e. The number of anilines is 1. The molecule has 1 saturated heterocycles. The van der Waals surface area contributed by atoms with Gasteiger partial charge in [-0.25, -0.2) is 4.39 Å².